The zero-order valence-corrected chi connectivity index (χ0v) is 11.8. The normalized spacial score (nSPS) is 10.9. The number of nitro groups is 1. The Morgan fingerprint density at radius 2 is 1.81 bits per heavy atom. The van der Waals surface area contributed by atoms with Crippen molar-refractivity contribution < 1.29 is 9.72 Å². The Morgan fingerprint density at radius 3 is 2.38 bits per heavy atom. The van der Waals surface area contributed by atoms with Gasteiger partial charge in [0.15, 0.2) is 0 Å². The summed E-state index contributed by atoms with van der Waals surface area (Å²) in [5.41, 5.74) is 6.58. The van der Waals surface area contributed by atoms with Crippen molar-refractivity contribution >= 4 is 12.1 Å². The number of hydrogen-bond acceptors (Lipinski definition) is 3. The highest BCUT2D eigenvalue weighted by molar-refractivity contribution is 5.42. The first-order chi connectivity index (χ1) is 10.1. The minimum atomic E-state index is -0.351. The van der Waals surface area contributed by atoms with Gasteiger partial charge in [-0.3, -0.25) is 14.9 Å². The van der Waals surface area contributed by atoms with Crippen molar-refractivity contribution in [1.29, 1.82) is 0 Å². The third-order valence-electron chi connectivity index (χ3n) is 3.03. The number of primary amides is 1. The molecule has 0 saturated heterocycles. The van der Waals surface area contributed by atoms with Crippen LogP contribution in [0.4, 0.5) is 5.69 Å². The largest absolute Gasteiger partial charge is 0.372 e. The summed E-state index contributed by atoms with van der Waals surface area (Å²) in [6.07, 6.45) is 1.06. The summed E-state index contributed by atoms with van der Waals surface area (Å²) in [6, 6.07) is 17.0. The highest BCUT2D eigenvalue weighted by atomic mass is 16.6. The second-order valence-electron chi connectivity index (χ2n) is 4.58. The molecule has 2 N–H and O–H groups in total. The summed E-state index contributed by atoms with van der Waals surface area (Å²) in [5, 5.41) is 10.7. The molecule has 0 spiro atoms. The van der Waals surface area contributed by atoms with E-state index in [0.29, 0.717) is 5.92 Å². The van der Waals surface area contributed by atoms with Crippen LogP contribution in [0.25, 0.3) is 0 Å². The van der Waals surface area contributed by atoms with Crippen LogP contribution >= 0.6 is 0 Å². The molecule has 5 heteroatoms. The van der Waals surface area contributed by atoms with Crippen molar-refractivity contribution in [3.63, 3.8) is 0 Å². The first-order valence-corrected chi connectivity index (χ1v) is 6.52. The molecule has 0 aliphatic heterocycles. The predicted molar refractivity (Wildman–Crippen MR) is 81.9 cm³/mol. The molecule has 0 radical (unpaired) electrons. The van der Waals surface area contributed by atoms with E-state index >= 15 is 0 Å². The molecular weight excluding hydrogens is 268 g/mol. The third kappa shape index (κ3) is 5.44. The van der Waals surface area contributed by atoms with Gasteiger partial charge < -0.3 is 5.73 Å². The maximum atomic E-state index is 10.7. The lowest BCUT2D eigenvalue weighted by Crippen LogP contribution is -1.99. The molecule has 0 aliphatic rings. The third-order valence-corrected chi connectivity index (χ3v) is 3.03. The zero-order valence-electron chi connectivity index (χ0n) is 11.8. The van der Waals surface area contributed by atoms with E-state index in [0.717, 1.165) is 12.0 Å². The Labute approximate surface area is 123 Å². The average Bonchev–Trinajstić information content (AvgIpc) is 2.49. The number of rotatable bonds is 4. The lowest BCUT2D eigenvalue weighted by atomic mass is 9.94. The first kappa shape index (κ1) is 16.4. The first-order valence-electron chi connectivity index (χ1n) is 6.52. The minimum absolute atomic E-state index is 0.160. The number of non-ortho nitro benzene ring substituents is 1. The summed E-state index contributed by atoms with van der Waals surface area (Å²) in [4.78, 5) is 18.9. The van der Waals surface area contributed by atoms with Gasteiger partial charge in [0.1, 0.15) is 0 Å². The van der Waals surface area contributed by atoms with Crippen molar-refractivity contribution in [2.45, 2.75) is 19.3 Å². The SMILES string of the molecule is CC(Cc1cccc([N+](=O)[O-])c1)c1ccccc1.NC=O. The molecular formula is C16H18N2O3. The topological polar surface area (TPSA) is 86.2 Å². The molecule has 2 rings (SSSR count). The van der Waals surface area contributed by atoms with E-state index in [9.17, 15) is 10.1 Å². The number of carbonyl (C=O) groups is 1. The molecule has 21 heavy (non-hydrogen) atoms. The molecule has 0 aliphatic carbocycles. The molecule has 0 saturated carbocycles. The predicted octanol–water partition coefficient (Wildman–Crippen LogP) is 3.04. The Morgan fingerprint density at radius 1 is 1.19 bits per heavy atom. The van der Waals surface area contributed by atoms with Gasteiger partial charge in [-0.2, -0.15) is 0 Å². The van der Waals surface area contributed by atoms with E-state index in [1.165, 1.54) is 11.6 Å². The number of benzene rings is 2. The van der Waals surface area contributed by atoms with E-state index in [2.05, 4.69) is 24.8 Å². The fraction of sp³-hybridized carbons (Fsp3) is 0.188. The van der Waals surface area contributed by atoms with Crippen LogP contribution in [0.15, 0.2) is 54.6 Å². The van der Waals surface area contributed by atoms with Gasteiger partial charge in [-0.1, -0.05) is 49.4 Å². The molecule has 0 aromatic heterocycles. The van der Waals surface area contributed by atoms with E-state index < -0.39 is 0 Å². The minimum Gasteiger partial charge on any atom is -0.372 e. The molecule has 110 valence electrons. The quantitative estimate of drug-likeness (QED) is 0.532. The lowest BCUT2D eigenvalue weighted by Gasteiger charge is -2.11. The van der Waals surface area contributed by atoms with Crippen LogP contribution in [-0.4, -0.2) is 11.3 Å². The second kappa shape index (κ2) is 8.47. The van der Waals surface area contributed by atoms with Crippen molar-refractivity contribution in [2.75, 3.05) is 0 Å². The van der Waals surface area contributed by atoms with Gasteiger partial charge in [0.05, 0.1) is 4.92 Å². The van der Waals surface area contributed by atoms with Crippen LogP contribution in [0.5, 0.6) is 0 Å². The van der Waals surface area contributed by atoms with Gasteiger partial charge in [-0.05, 0) is 23.5 Å². The number of carbonyl (C=O) groups excluding carboxylic acids is 1. The zero-order chi connectivity index (χ0) is 15.7. The summed E-state index contributed by atoms with van der Waals surface area (Å²) in [5.74, 6) is 0.355. The van der Waals surface area contributed by atoms with Gasteiger partial charge >= 0.3 is 0 Å². The molecule has 2 aromatic carbocycles. The van der Waals surface area contributed by atoms with Gasteiger partial charge in [0.25, 0.3) is 5.69 Å². The van der Waals surface area contributed by atoms with Gasteiger partial charge in [-0.15, -0.1) is 0 Å². The number of hydrogen-bond donors (Lipinski definition) is 1. The Balaban J connectivity index is 0.000000677. The summed E-state index contributed by atoms with van der Waals surface area (Å²) < 4.78 is 0. The molecule has 5 nitrogen and oxygen atoms in total. The van der Waals surface area contributed by atoms with Crippen LogP contribution in [0.1, 0.15) is 24.0 Å². The lowest BCUT2D eigenvalue weighted by molar-refractivity contribution is -0.384. The molecule has 0 heterocycles. The average molecular weight is 286 g/mol. The van der Waals surface area contributed by atoms with Gasteiger partial charge in [0, 0.05) is 12.1 Å². The molecule has 1 amide bonds. The smallest absolute Gasteiger partial charge is 0.269 e. The maximum Gasteiger partial charge on any atom is 0.269 e. The van der Waals surface area contributed by atoms with Gasteiger partial charge in [-0.25, -0.2) is 0 Å². The van der Waals surface area contributed by atoms with Crippen molar-refractivity contribution in [2.24, 2.45) is 5.73 Å². The molecule has 0 bridgehead atoms. The maximum absolute atomic E-state index is 10.7. The number of nitro benzene ring substituents is 1. The second-order valence-corrected chi connectivity index (χ2v) is 4.58. The van der Waals surface area contributed by atoms with E-state index in [1.807, 2.05) is 24.3 Å². The number of nitrogens with two attached hydrogens (primary N) is 1. The molecule has 2 aromatic rings. The standard InChI is InChI=1S/C15H15NO2.CH3NO/c1-12(14-7-3-2-4-8-14)10-13-6-5-9-15(11-13)16(17)18;2-1-3/h2-9,11-12H,10H2,1H3;1H,(H2,2,3). The van der Waals surface area contributed by atoms with Crippen LogP contribution < -0.4 is 5.73 Å². The van der Waals surface area contributed by atoms with Crippen LogP contribution in [0.3, 0.4) is 0 Å². The van der Waals surface area contributed by atoms with Crippen molar-refractivity contribution in [3.8, 4) is 0 Å². The fourth-order valence-corrected chi connectivity index (χ4v) is 2.05. The molecule has 1 unspecified atom stereocenters. The van der Waals surface area contributed by atoms with E-state index in [1.54, 1.807) is 12.1 Å². The van der Waals surface area contributed by atoms with Gasteiger partial charge in [0.2, 0.25) is 6.41 Å². The van der Waals surface area contributed by atoms with E-state index in [4.69, 9.17) is 4.79 Å². The highest BCUT2D eigenvalue weighted by Gasteiger charge is 2.09. The molecule has 0 fully saturated rings. The van der Waals surface area contributed by atoms with Crippen molar-refractivity contribution in [3.05, 3.63) is 75.8 Å². The monoisotopic (exact) mass is 286 g/mol. The van der Waals surface area contributed by atoms with Crippen molar-refractivity contribution in [1.82, 2.24) is 0 Å². The number of nitrogens with zero attached hydrogens (tertiary/aromatic N) is 1. The summed E-state index contributed by atoms with van der Waals surface area (Å²) >= 11 is 0. The van der Waals surface area contributed by atoms with Crippen LogP contribution in [0, 0.1) is 10.1 Å². The summed E-state index contributed by atoms with van der Waals surface area (Å²) in [7, 11) is 0. The Hall–Kier alpha value is -2.69. The Kier molecular flexibility index (Phi) is 6.60. The number of amides is 1. The van der Waals surface area contributed by atoms with Crippen LogP contribution in [0.2, 0.25) is 0 Å². The molecule has 1 atom stereocenters. The highest BCUT2D eigenvalue weighted by Crippen LogP contribution is 2.22. The Bertz CT molecular complexity index is 585. The van der Waals surface area contributed by atoms with Crippen LogP contribution in [-0.2, 0) is 11.2 Å². The van der Waals surface area contributed by atoms with E-state index in [-0.39, 0.29) is 17.0 Å². The fourth-order valence-electron chi connectivity index (χ4n) is 2.05. The summed E-state index contributed by atoms with van der Waals surface area (Å²) in [6.45, 7) is 2.13.